The number of thiocarbonyl (C=S) groups is 1. The van der Waals surface area contributed by atoms with Crippen molar-refractivity contribution >= 4 is 28.9 Å². The van der Waals surface area contributed by atoms with Gasteiger partial charge in [-0.3, -0.25) is 4.79 Å². The topological polar surface area (TPSA) is 41.1 Å². The Morgan fingerprint density at radius 1 is 1.35 bits per heavy atom. The summed E-state index contributed by atoms with van der Waals surface area (Å²) in [6, 6.07) is 5.86. The standard InChI is InChI=1S/C12H15FN2OS/c1-12(2,3)10(16)15-11(17)14-9-6-4-5-8(13)7-9/h4-7H,1-3H3,(H2,14,15,16,17). The maximum absolute atomic E-state index is 12.9. The fourth-order valence-electron chi connectivity index (χ4n) is 1.02. The molecular formula is C12H15FN2OS. The van der Waals surface area contributed by atoms with Gasteiger partial charge in [0, 0.05) is 11.1 Å². The van der Waals surface area contributed by atoms with E-state index in [-0.39, 0.29) is 16.8 Å². The normalized spacial score (nSPS) is 10.8. The van der Waals surface area contributed by atoms with Crippen LogP contribution in [0.2, 0.25) is 0 Å². The van der Waals surface area contributed by atoms with Crippen LogP contribution in [0.1, 0.15) is 20.8 Å². The summed E-state index contributed by atoms with van der Waals surface area (Å²) in [4.78, 5) is 11.6. The first kappa shape index (κ1) is 13.6. The van der Waals surface area contributed by atoms with Crippen LogP contribution in [-0.2, 0) is 4.79 Å². The van der Waals surface area contributed by atoms with Crippen molar-refractivity contribution in [3.63, 3.8) is 0 Å². The fraction of sp³-hybridized carbons (Fsp3) is 0.333. The van der Waals surface area contributed by atoms with Gasteiger partial charge in [-0.25, -0.2) is 4.39 Å². The molecule has 0 fully saturated rings. The third-order valence-electron chi connectivity index (χ3n) is 1.99. The molecule has 0 radical (unpaired) electrons. The van der Waals surface area contributed by atoms with Crippen LogP contribution in [0.4, 0.5) is 10.1 Å². The van der Waals surface area contributed by atoms with Crippen LogP contribution in [-0.4, -0.2) is 11.0 Å². The van der Waals surface area contributed by atoms with Crippen molar-refractivity contribution in [3.8, 4) is 0 Å². The lowest BCUT2D eigenvalue weighted by molar-refractivity contribution is -0.126. The molecule has 0 spiro atoms. The zero-order chi connectivity index (χ0) is 13.1. The molecule has 0 aliphatic heterocycles. The lowest BCUT2D eigenvalue weighted by atomic mass is 9.96. The minimum atomic E-state index is -0.520. The number of benzene rings is 1. The Labute approximate surface area is 105 Å². The number of rotatable bonds is 1. The van der Waals surface area contributed by atoms with Gasteiger partial charge in [0.15, 0.2) is 5.11 Å². The maximum Gasteiger partial charge on any atom is 0.231 e. The van der Waals surface area contributed by atoms with Gasteiger partial charge in [-0.15, -0.1) is 0 Å². The van der Waals surface area contributed by atoms with Crippen molar-refractivity contribution in [1.29, 1.82) is 0 Å². The molecule has 0 aromatic heterocycles. The largest absolute Gasteiger partial charge is 0.332 e. The molecule has 1 rings (SSSR count). The lowest BCUT2D eigenvalue weighted by Crippen LogP contribution is -2.41. The van der Waals surface area contributed by atoms with Crippen LogP contribution in [0.3, 0.4) is 0 Å². The third kappa shape index (κ3) is 4.48. The molecule has 0 saturated carbocycles. The van der Waals surface area contributed by atoms with Gasteiger partial charge in [0.25, 0.3) is 0 Å². The first-order valence-corrected chi connectivity index (χ1v) is 5.58. The average molecular weight is 254 g/mol. The van der Waals surface area contributed by atoms with E-state index in [1.165, 1.54) is 12.1 Å². The van der Waals surface area contributed by atoms with E-state index in [1.54, 1.807) is 32.9 Å². The van der Waals surface area contributed by atoms with Gasteiger partial charge in [0.1, 0.15) is 5.82 Å². The molecule has 0 bridgehead atoms. The Morgan fingerprint density at radius 3 is 2.53 bits per heavy atom. The maximum atomic E-state index is 12.9. The van der Waals surface area contributed by atoms with Crippen molar-refractivity contribution < 1.29 is 9.18 Å². The average Bonchev–Trinajstić information content (AvgIpc) is 2.15. The molecule has 92 valence electrons. The van der Waals surface area contributed by atoms with Crippen molar-refractivity contribution in [2.24, 2.45) is 5.41 Å². The van der Waals surface area contributed by atoms with E-state index >= 15 is 0 Å². The summed E-state index contributed by atoms with van der Waals surface area (Å²) in [7, 11) is 0. The number of carbonyl (C=O) groups excluding carboxylic acids is 1. The number of amides is 1. The second-order valence-corrected chi connectivity index (χ2v) is 5.08. The molecule has 0 heterocycles. The van der Waals surface area contributed by atoms with Crippen LogP contribution in [0.15, 0.2) is 24.3 Å². The molecule has 1 aromatic rings. The number of carbonyl (C=O) groups is 1. The monoisotopic (exact) mass is 254 g/mol. The summed E-state index contributed by atoms with van der Waals surface area (Å²) >= 11 is 4.96. The Bertz CT molecular complexity index is 440. The zero-order valence-electron chi connectivity index (χ0n) is 10.0. The summed E-state index contributed by atoms with van der Waals surface area (Å²) in [5.41, 5.74) is -0.0163. The molecule has 0 atom stereocenters. The van der Waals surface area contributed by atoms with Gasteiger partial charge in [0.05, 0.1) is 0 Å². The third-order valence-corrected chi connectivity index (χ3v) is 2.19. The van der Waals surface area contributed by atoms with Crippen LogP contribution in [0.25, 0.3) is 0 Å². The number of hydrogen-bond donors (Lipinski definition) is 2. The SMILES string of the molecule is CC(C)(C)C(=O)NC(=S)Nc1cccc(F)c1. The van der Waals surface area contributed by atoms with Crippen LogP contribution >= 0.6 is 12.2 Å². The first-order valence-electron chi connectivity index (χ1n) is 5.17. The molecule has 1 aromatic carbocycles. The quantitative estimate of drug-likeness (QED) is 0.757. The van der Waals surface area contributed by atoms with Crippen molar-refractivity contribution in [3.05, 3.63) is 30.1 Å². The molecule has 2 N–H and O–H groups in total. The second-order valence-electron chi connectivity index (χ2n) is 4.67. The fourth-order valence-corrected chi connectivity index (χ4v) is 1.23. The van der Waals surface area contributed by atoms with E-state index < -0.39 is 5.41 Å². The van der Waals surface area contributed by atoms with E-state index in [2.05, 4.69) is 10.6 Å². The first-order chi connectivity index (χ1) is 7.79. The highest BCUT2D eigenvalue weighted by Crippen LogP contribution is 2.13. The molecular weight excluding hydrogens is 239 g/mol. The van der Waals surface area contributed by atoms with Crippen LogP contribution in [0.5, 0.6) is 0 Å². The zero-order valence-corrected chi connectivity index (χ0v) is 10.8. The minimum absolute atomic E-state index is 0.163. The minimum Gasteiger partial charge on any atom is -0.332 e. The highest BCUT2D eigenvalue weighted by molar-refractivity contribution is 7.80. The Morgan fingerprint density at radius 2 is 2.00 bits per heavy atom. The number of hydrogen-bond acceptors (Lipinski definition) is 2. The molecule has 0 saturated heterocycles. The molecule has 17 heavy (non-hydrogen) atoms. The summed E-state index contributed by atoms with van der Waals surface area (Å²) in [5.74, 6) is -0.550. The number of halogens is 1. The smallest absolute Gasteiger partial charge is 0.231 e. The van der Waals surface area contributed by atoms with E-state index in [4.69, 9.17) is 12.2 Å². The van der Waals surface area contributed by atoms with Crippen LogP contribution in [0, 0.1) is 11.2 Å². The summed E-state index contributed by atoms with van der Waals surface area (Å²) in [6.07, 6.45) is 0. The van der Waals surface area contributed by atoms with E-state index in [0.29, 0.717) is 5.69 Å². The molecule has 0 aliphatic carbocycles. The van der Waals surface area contributed by atoms with Gasteiger partial charge in [-0.05, 0) is 30.4 Å². The Hall–Kier alpha value is -1.49. The summed E-state index contributed by atoms with van der Waals surface area (Å²) < 4.78 is 12.9. The predicted octanol–water partition coefficient (Wildman–Crippen LogP) is 2.68. The molecule has 5 heteroatoms. The van der Waals surface area contributed by atoms with E-state index in [1.807, 2.05) is 0 Å². The Balaban J connectivity index is 2.59. The van der Waals surface area contributed by atoms with Crippen LogP contribution < -0.4 is 10.6 Å². The summed E-state index contributed by atoms with van der Waals surface area (Å²) in [5, 5.41) is 5.45. The van der Waals surface area contributed by atoms with Gasteiger partial charge in [-0.2, -0.15) is 0 Å². The molecule has 1 amide bonds. The van der Waals surface area contributed by atoms with Crippen molar-refractivity contribution in [1.82, 2.24) is 5.32 Å². The number of anilines is 1. The summed E-state index contributed by atoms with van der Waals surface area (Å²) in [6.45, 7) is 5.35. The van der Waals surface area contributed by atoms with Gasteiger partial charge in [-0.1, -0.05) is 26.8 Å². The van der Waals surface area contributed by atoms with Gasteiger partial charge >= 0.3 is 0 Å². The molecule has 0 aliphatic rings. The van der Waals surface area contributed by atoms with Gasteiger partial charge < -0.3 is 10.6 Å². The van der Waals surface area contributed by atoms with Crippen molar-refractivity contribution in [2.75, 3.05) is 5.32 Å². The lowest BCUT2D eigenvalue weighted by Gasteiger charge is -2.18. The molecule has 3 nitrogen and oxygen atoms in total. The Kier molecular flexibility index (Phi) is 4.17. The van der Waals surface area contributed by atoms with E-state index in [9.17, 15) is 9.18 Å². The second kappa shape index (κ2) is 5.23. The molecule has 0 unspecified atom stereocenters. The van der Waals surface area contributed by atoms with Crippen molar-refractivity contribution in [2.45, 2.75) is 20.8 Å². The van der Waals surface area contributed by atoms with E-state index in [0.717, 1.165) is 0 Å². The predicted molar refractivity (Wildman–Crippen MR) is 70.2 cm³/mol. The van der Waals surface area contributed by atoms with Gasteiger partial charge in [0.2, 0.25) is 5.91 Å². The highest BCUT2D eigenvalue weighted by Gasteiger charge is 2.21. The number of nitrogens with one attached hydrogen (secondary N) is 2. The highest BCUT2D eigenvalue weighted by atomic mass is 32.1.